The third-order valence-electron chi connectivity index (χ3n) is 9.33. The molecule has 0 spiro atoms. The molecule has 0 unspecified atom stereocenters. The van der Waals surface area contributed by atoms with Gasteiger partial charge >= 0.3 is 0 Å². The van der Waals surface area contributed by atoms with Crippen molar-refractivity contribution in [2.75, 3.05) is 26.7 Å². The summed E-state index contributed by atoms with van der Waals surface area (Å²) >= 11 is 0. The van der Waals surface area contributed by atoms with Gasteiger partial charge in [0.25, 0.3) is 5.91 Å². The number of aromatic nitrogens is 2. The van der Waals surface area contributed by atoms with Gasteiger partial charge in [-0.25, -0.2) is 4.98 Å². The van der Waals surface area contributed by atoms with Crippen LogP contribution in [0.15, 0.2) is 12.1 Å². The molecule has 38 heavy (non-hydrogen) atoms. The van der Waals surface area contributed by atoms with E-state index in [2.05, 4.69) is 51.0 Å². The Morgan fingerprint density at radius 2 is 1.74 bits per heavy atom. The van der Waals surface area contributed by atoms with Crippen molar-refractivity contribution in [2.24, 2.45) is 7.05 Å². The van der Waals surface area contributed by atoms with Gasteiger partial charge in [0.15, 0.2) is 14.1 Å². The molecule has 2 aromatic rings. The van der Waals surface area contributed by atoms with Crippen molar-refractivity contribution in [2.45, 2.75) is 95.5 Å². The zero-order valence-corrected chi connectivity index (χ0v) is 25.2. The van der Waals surface area contributed by atoms with Crippen LogP contribution in [-0.4, -0.2) is 78.4 Å². The van der Waals surface area contributed by atoms with E-state index in [0.29, 0.717) is 42.2 Å². The minimum atomic E-state index is -1.79. The van der Waals surface area contributed by atoms with E-state index < -0.39 is 8.32 Å². The molecule has 1 aromatic heterocycles. The number of nitrogens with zero attached hydrogens (tertiary/aromatic N) is 4. The molecule has 2 amide bonds. The highest BCUT2D eigenvalue weighted by molar-refractivity contribution is 6.74. The second-order valence-electron chi connectivity index (χ2n) is 13.0. The van der Waals surface area contributed by atoms with Crippen LogP contribution in [0.1, 0.15) is 81.4 Å². The lowest BCUT2D eigenvalue weighted by molar-refractivity contribution is -0.138. The standard InChI is InChI=1S/C29H44N4O4Si/c1-29(2,3)38(6,7)37-22-12-10-21(11-13-22)33-15-14-32(18-25(33)34)28(35)27-30-26-23(31(27)4)16-20(19-8-9-19)17-24(26)36-5/h16-17,19,21-22H,8-15,18H2,1-7H3. The Hall–Kier alpha value is -2.39. The van der Waals surface area contributed by atoms with Crippen LogP contribution in [0.25, 0.3) is 11.0 Å². The van der Waals surface area contributed by atoms with E-state index in [4.69, 9.17) is 9.16 Å². The lowest BCUT2D eigenvalue weighted by Crippen LogP contribution is -2.56. The zero-order valence-electron chi connectivity index (χ0n) is 24.2. The van der Waals surface area contributed by atoms with Crippen molar-refractivity contribution in [3.8, 4) is 5.75 Å². The van der Waals surface area contributed by atoms with Crippen molar-refractivity contribution in [1.29, 1.82) is 0 Å². The van der Waals surface area contributed by atoms with Crippen LogP contribution >= 0.6 is 0 Å². The first-order valence-corrected chi connectivity index (χ1v) is 17.1. The smallest absolute Gasteiger partial charge is 0.290 e. The number of ether oxygens (including phenoxy) is 1. The second-order valence-corrected chi connectivity index (χ2v) is 17.7. The molecular formula is C29H44N4O4Si. The SMILES string of the molecule is COc1cc(C2CC2)cc2c1nc(C(=O)N1CCN(C3CCC(O[Si](C)(C)C(C)(C)C)CC3)C(=O)C1)n2C. The summed E-state index contributed by atoms with van der Waals surface area (Å²) in [5.41, 5.74) is 2.84. The molecule has 1 aliphatic heterocycles. The van der Waals surface area contributed by atoms with Gasteiger partial charge in [-0.05, 0) is 80.3 Å². The van der Waals surface area contributed by atoms with Gasteiger partial charge in [-0.3, -0.25) is 9.59 Å². The number of carbonyl (C=O) groups excluding carboxylic acids is 2. The highest BCUT2D eigenvalue weighted by atomic mass is 28.4. The summed E-state index contributed by atoms with van der Waals surface area (Å²) in [6, 6.07) is 4.42. The Kier molecular flexibility index (Phi) is 7.13. The van der Waals surface area contributed by atoms with Gasteiger partial charge in [0.2, 0.25) is 5.91 Å². The van der Waals surface area contributed by atoms with Crippen LogP contribution in [0.3, 0.4) is 0 Å². The number of piperazine rings is 1. The summed E-state index contributed by atoms with van der Waals surface area (Å²) in [7, 11) is 1.73. The first kappa shape index (κ1) is 27.2. The maximum absolute atomic E-state index is 13.5. The van der Waals surface area contributed by atoms with Crippen LogP contribution in [0, 0.1) is 0 Å². The third-order valence-corrected chi connectivity index (χ3v) is 13.9. The highest BCUT2D eigenvalue weighted by Crippen LogP contribution is 2.43. The number of hydrogen-bond acceptors (Lipinski definition) is 5. The monoisotopic (exact) mass is 540 g/mol. The first-order chi connectivity index (χ1) is 17.9. The minimum absolute atomic E-state index is 0.0331. The molecule has 2 aliphatic carbocycles. The van der Waals surface area contributed by atoms with Crippen molar-refractivity contribution in [3.05, 3.63) is 23.5 Å². The molecule has 0 N–H and O–H groups in total. The van der Waals surface area contributed by atoms with Gasteiger partial charge in [-0.15, -0.1) is 0 Å². The number of hydrogen-bond donors (Lipinski definition) is 0. The van der Waals surface area contributed by atoms with Gasteiger partial charge in [-0.1, -0.05) is 20.8 Å². The van der Waals surface area contributed by atoms with Crippen molar-refractivity contribution >= 4 is 31.2 Å². The zero-order chi connectivity index (χ0) is 27.4. The van der Waals surface area contributed by atoms with Crippen molar-refractivity contribution < 1.29 is 18.8 Å². The van der Waals surface area contributed by atoms with Gasteiger partial charge in [0.1, 0.15) is 17.8 Å². The minimum Gasteiger partial charge on any atom is -0.494 e. The number of rotatable bonds is 6. The number of aryl methyl sites for hydroxylation is 1. The molecular weight excluding hydrogens is 496 g/mol. The maximum Gasteiger partial charge on any atom is 0.290 e. The van der Waals surface area contributed by atoms with E-state index in [0.717, 1.165) is 31.2 Å². The van der Waals surface area contributed by atoms with Crippen molar-refractivity contribution in [3.63, 3.8) is 0 Å². The largest absolute Gasteiger partial charge is 0.494 e. The van der Waals surface area contributed by atoms with Gasteiger partial charge in [-0.2, -0.15) is 0 Å². The van der Waals surface area contributed by atoms with Gasteiger partial charge < -0.3 is 23.5 Å². The van der Waals surface area contributed by atoms with E-state index in [-0.39, 0.29) is 29.4 Å². The Labute approximate surface area is 227 Å². The predicted molar refractivity (Wildman–Crippen MR) is 151 cm³/mol. The molecule has 8 nitrogen and oxygen atoms in total. The first-order valence-electron chi connectivity index (χ1n) is 14.2. The molecule has 0 radical (unpaired) electrons. The molecule has 3 aliphatic rings. The molecule has 2 saturated carbocycles. The molecule has 5 rings (SSSR count). The van der Waals surface area contributed by atoms with Crippen LogP contribution in [0.2, 0.25) is 18.1 Å². The molecule has 3 fully saturated rings. The van der Waals surface area contributed by atoms with E-state index in [1.807, 2.05) is 16.5 Å². The van der Waals surface area contributed by atoms with Crippen molar-refractivity contribution in [1.82, 2.24) is 19.4 Å². The molecule has 9 heteroatoms. The summed E-state index contributed by atoms with van der Waals surface area (Å²) in [5, 5.41) is 0.201. The summed E-state index contributed by atoms with van der Waals surface area (Å²) in [6.07, 6.45) is 6.59. The van der Waals surface area contributed by atoms with Gasteiger partial charge in [0.05, 0.1) is 12.6 Å². The fraction of sp³-hybridized carbons (Fsp3) is 0.690. The maximum atomic E-state index is 13.5. The Morgan fingerprint density at radius 1 is 1.05 bits per heavy atom. The fourth-order valence-electron chi connectivity index (χ4n) is 5.73. The number of methoxy groups -OCH3 is 1. The Balaban J connectivity index is 1.22. The number of amides is 2. The van der Waals surface area contributed by atoms with Crippen LogP contribution in [-0.2, 0) is 16.3 Å². The Bertz CT molecular complexity index is 1220. The molecule has 2 heterocycles. The third kappa shape index (κ3) is 5.11. The number of benzene rings is 1. The lowest BCUT2D eigenvalue weighted by atomic mass is 9.91. The Morgan fingerprint density at radius 3 is 2.32 bits per heavy atom. The molecule has 0 bridgehead atoms. The average Bonchev–Trinajstić information content (AvgIpc) is 3.66. The average molecular weight is 541 g/mol. The second kappa shape index (κ2) is 9.97. The van der Waals surface area contributed by atoms with E-state index in [1.54, 1.807) is 12.0 Å². The highest BCUT2D eigenvalue weighted by Gasteiger charge is 2.41. The van der Waals surface area contributed by atoms with E-state index in [1.165, 1.54) is 18.4 Å². The molecule has 1 aromatic carbocycles. The number of fused-ring (bicyclic) bond motifs is 1. The topological polar surface area (TPSA) is 76.9 Å². The van der Waals surface area contributed by atoms with E-state index in [9.17, 15) is 9.59 Å². The van der Waals surface area contributed by atoms with E-state index >= 15 is 0 Å². The predicted octanol–water partition coefficient (Wildman–Crippen LogP) is 5.08. The molecule has 1 saturated heterocycles. The molecule has 0 atom stereocenters. The summed E-state index contributed by atoms with van der Waals surface area (Å²) in [6.45, 7) is 12.7. The van der Waals surface area contributed by atoms with Gasteiger partial charge in [0, 0.05) is 32.3 Å². The number of imidazole rings is 1. The number of carbonyl (C=O) groups is 2. The van der Waals surface area contributed by atoms with Crippen LogP contribution in [0.4, 0.5) is 0 Å². The molecule has 208 valence electrons. The normalized spacial score (nSPS) is 23.3. The van der Waals surface area contributed by atoms with Crippen LogP contribution in [0.5, 0.6) is 5.75 Å². The fourth-order valence-corrected chi connectivity index (χ4v) is 7.15. The summed E-state index contributed by atoms with van der Waals surface area (Å²) in [4.78, 5) is 35.1. The summed E-state index contributed by atoms with van der Waals surface area (Å²) < 4.78 is 14.1. The summed E-state index contributed by atoms with van der Waals surface area (Å²) in [5.74, 6) is 1.47. The quantitative estimate of drug-likeness (QED) is 0.478. The van der Waals surface area contributed by atoms with Crippen LogP contribution < -0.4 is 4.74 Å². The lowest BCUT2D eigenvalue weighted by Gasteiger charge is -2.44.